The van der Waals surface area contributed by atoms with Crippen LogP contribution in [0.3, 0.4) is 0 Å². The first kappa shape index (κ1) is 20.2. The molecule has 0 aliphatic heterocycles. The number of amides is 2. The lowest BCUT2D eigenvalue weighted by Gasteiger charge is -2.14. The number of anilines is 2. The Morgan fingerprint density at radius 2 is 1.39 bits per heavy atom. The van der Waals surface area contributed by atoms with Gasteiger partial charge < -0.3 is 15.1 Å². The maximum Gasteiger partial charge on any atom is 0.255 e. The third-order valence-electron chi connectivity index (χ3n) is 5.04. The lowest BCUT2D eigenvalue weighted by Crippen LogP contribution is -2.15. The van der Waals surface area contributed by atoms with Crippen molar-refractivity contribution < 1.29 is 14.0 Å². The molecule has 2 N–H and O–H groups in total. The highest BCUT2D eigenvalue weighted by molar-refractivity contribution is 6.08. The predicted octanol–water partition coefficient (Wildman–Crippen LogP) is 6.07. The molecule has 154 valence electrons. The quantitative estimate of drug-likeness (QED) is 0.420. The molecule has 0 aliphatic rings. The Hall–Kier alpha value is -4.12. The zero-order valence-electron chi connectivity index (χ0n) is 17.3. The molecule has 0 saturated carbocycles. The van der Waals surface area contributed by atoms with E-state index in [2.05, 4.69) is 10.6 Å². The molecule has 4 rings (SSSR count). The fraction of sp³-hybridized carbons (Fsp3) is 0.0769. The van der Waals surface area contributed by atoms with Crippen LogP contribution in [0.2, 0.25) is 0 Å². The predicted molar refractivity (Wildman–Crippen MR) is 122 cm³/mol. The summed E-state index contributed by atoms with van der Waals surface area (Å²) in [6.45, 7) is 3.92. The molecule has 2 amide bonds. The van der Waals surface area contributed by atoms with Crippen molar-refractivity contribution in [3.8, 4) is 11.1 Å². The van der Waals surface area contributed by atoms with Crippen LogP contribution in [0.1, 0.15) is 31.8 Å². The second-order valence-electron chi connectivity index (χ2n) is 7.35. The monoisotopic (exact) mass is 410 g/mol. The van der Waals surface area contributed by atoms with Crippen LogP contribution in [0.5, 0.6) is 0 Å². The molecule has 0 radical (unpaired) electrons. The van der Waals surface area contributed by atoms with Crippen LogP contribution in [0.15, 0.2) is 89.7 Å². The maximum absolute atomic E-state index is 12.9. The molecule has 4 aromatic rings. The lowest BCUT2D eigenvalue weighted by molar-refractivity contribution is 0.101. The van der Waals surface area contributed by atoms with Gasteiger partial charge >= 0.3 is 0 Å². The van der Waals surface area contributed by atoms with E-state index < -0.39 is 0 Å². The van der Waals surface area contributed by atoms with E-state index in [1.807, 2.05) is 38.1 Å². The summed E-state index contributed by atoms with van der Waals surface area (Å²) in [4.78, 5) is 25.3. The summed E-state index contributed by atoms with van der Waals surface area (Å²) < 4.78 is 5.17. The Kier molecular flexibility index (Phi) is 5.67. The topological polar surface area (TPSA) is 71.3 Å². The van der Waals surface area contributed by atoms with Crippen molar-refractivity contribution >= 4 is 23.2 Å². The zero-order chi connectivity index (χ0) is 21.8. The number of nitrogens with one attached hydrogen (secondary N) is 2. The van der Waals surface area contributed by atoms with Gasteiger partial charge in [0.1, 0.15) is 0 Å². The summed E-state index contributed by atoms with van der Waals surface area (Å²) in [6, 6.07) is 21.8. The van der Waals surface area contributed by atoms with E-state index in [1.165, 1.54) is 0 Å². The van der Waals surface area contributed by atoms with Crippen molar-refractivity contribution in [3.63, 3.8) is 0 Å². The summed E-state index contributed by atoms with van der Waals surface area (Å²) in [5.74, 6) is -0.460. The van der Waals surface area contributed by atoms with E-state index in [0.717, 1.165) is 27.9 Å². The van der Waals surface area contributed by atoms with Gasteiger partial charge in [-0.2, -0.15) is 0 Å². The minimum Gasteiger partial charge on any atom is -0.472 e. The smallest absolute Gasteiger partial charge is 0.255 e. The van der Waals surface area contributed by atoms with Crippen molar-refractivity contribution in [2.45, 2.75) is 13.8 Å². The number of carbonyl (C=O) groups is 2. The van der Waals surface area contributed by atoms with E-state index in [1.54, 1.807) is 61.1 Å². The molecular formula is C26H22N2O3. The fourth-order valence-electron chi connectivity index (χ4n) is 3.47. The molecule has 0 fully saturated rings. The molecule has 3 aromatic carbocycles. The van der Waals surface area contributed by atoms with E-state index in [4.69, 9.17) is 4.42 Å². The van der Waals surface area contributed by atoms with E-state index in [-0.39, 0.29) is 11.8 Å². The van der Waals surface area contributed by atoms with Crippen LogP contribution in [0.4, 0.5) is 11.4 Å². The molecule has 1 aromatic heterocycles. The van der Waals surface area contributed by atoms with Gasteiger partial charge in [0.25, 0.3) is 11.8 Å². The standard InChI is InChI=1S/C26H22N2O3/c1-17-13-22(21-11-12-31-16-21)14-18(2)24(17)28-26(30)20-9-6-10-23(15-20)27-25(29)19-7-4-3-5-8-19/h3-16H,1-2H3,(H,27,29)(H,28,30). The number of hydrogen-bond donors (Lipinski definition) is 2. The van der Waals surface area contributed by atoms with Gasteiger partial charge in [-0.1, -0.05) is 24.3 Å². The average Bonchev–Trinajstić information content (AvgIpc) is 3.32. The summed E-state index contributed by atoms with van der Waals surface area (Å²) >= 11 is 0. The first-order chi connectivity index (χ1) is 15.0. The fourth-order valence-corrected chi connectivity index (χ4v) is 3.47. The largest absolute Gasteiger partial charge is 0.472 e. The van der Waals surface area contributed by atoms with Gasteiger partial charge in [-0.3, -0.25) is 9.59 Å². The van der Waals surface area contributed by atoms with Crippen molar-refractivity contribution in [2.24, 2.45) is 0 Å². The van der Waals surface area contributed by atoms with Crippen LogP contribution >= 0.6 is 0 Å². The lowest BCUT2D eigenvalue weighted by atomic mass is 10.0. The number of rotatable bonds is 5. The van der Waals surface area contributed by atoms with Gasteiger partial charge in [-0.05, 0) is 79.1 Å². The molecule has 0 atom stereocenters. The van der Waals surface area contributed by atoms with Gasteiger partial charge in [-0.15, -0.1) is 0 Å². The van der Waals surface area contributed by atoms with Crippen molar-refractivity contribution in [1.29, 1.82) is 0 Å². The third kappa shape index (κ3) is 4.56. The summed E-state index contributed by atoms with van der Waals surface area (Å²) in [6.07, 6.45) is 3.33. The van der Waals surface area contributed by atoms with Crippen molar-refractivity contribution in [2.75, 3.05) is 10.6 Å². The normalized spacial score (nSPS) is 10.5. The van der Waals surface area contributed by atoms with Crippen molar-refractivity contribution in [1.82, 2.24) is 0 Å². The Morgan fingerprint density at radius 3 is 2.06 bits per heavy atom. The van der Waals surface area contributed by atoms with Crippen LogP contribution in [-0.4, -0.2) is 11.8 Å². The van der Waals surface area contributed by atoms with Crippen molar-refractivity contribution in [3.05, 3.63) is 108 Å². The summed E-state index contributed by atoms with van der Waals surface area (Å²) in [5, 5.41) is 5.84. The molecule has 5 nitrogen and oxygen atoms in total. The molecular weight excluding hydrogens is 388 g/mol. The first-order valence-electron chi connectivity index (χ1n) is 9.93. The minimum absolute atomic E-state index is 0.223. The van der Waals surface area contributed by atoms with Gasteiger partial charge in [0.05, 0.1) is 12.5 Å². The molecule has 0 unspecified atom stereocenters. The number of aryl methyl sites for hydroxylation is 2. The van der Waals surface area contributed by atoms with Crippen LogP contribution in [0, 0.1) is 13.8 Å². The number of hydrogen-bond acceptors (Lipinski definition) is 3. The molecule has 5 heteroatoms. The molecule has 1 heterocycles. The number of carbonyl (C=O) groups excluding carboxylic acids is 2. The minimum atomic E-state index is -0.238. The number of benzene rings is 3. The highest BCUT2D eigenvalue weighted by Crippen LogP contribution is 2.29. The second-order valence-corrected chi connectivity index (χ2v) is 7.35. The van der Waals surface area contributed by atoms with E-state index >= 15 is 0 Å². The third-order valence-corrected chi connectivity index (χ3v) is 5.04. The second kappa shape index (κ2) is 8.71. The van der Waals surface area contributed by atoms with Crippen LogP contribution < -0.4 is 10.6 Å². The molecule has 0 bridgehead atoms. The number of furan rings is 1. The Morgan fingerprint density at radius 1 is 0.710 bits per heavy atom. The van der Waals surface area contributed by atoms with E-state index in [9.17, 15) is 9.59 Å². The van der Waals surface area contributed by atoms with E-state index in [0.29, 0.717) is 16.8 Å². The highest BCUT2D eigenvalue weighted by Gasteiger charge is 2.13. The van der Waals surface area contributed by atoms with Crippen LogP contribution in [-0.2, 0) is 0 Å². The Bertz CT molecular complexity index is 1210. The molecule has 31 heavy (non-hydrogen) atoms. The maximum atomic E-state index is 12.9. The Balaban J connectivity index is 1.52. The SMILES string of the molecule is Cc1cc(-c2ccoc2)cc(C)c1NC(=O)c1cccc(NC(=O)c2ccccc2)c1. The van der Waals surface area contributed by atoms with Gasteiger partial charge in [-0.25, -0.2) is 0 Å². The Labute approximate surface area is 180 Å². The molecule has 0 aliphatic carbocycles. The van der Waals surface area contributed by atoms with Gasteiger partial charge in [0, 0.05) is 28.1 Å². The average molecular weight is 410 g/mol. The van der Waals surface area contributed by atoms with Gasteiger partial charge in [0.15, 0.2) is 0 Å². The highest BCUT2D eigenvalue weighted by atomic mass is 16.3. The molecule has 0 saturated heterocycles. The van der Waals surface area contributed by atoms with Crippen LogP contribution in [0.25, 0.3) is 11.1 Å². The summed E-state index contributed by atoms with van der Waals surface area (Å²) in [7, 11) is 0. The molecule has 0 spiro atoms. The summed E-state index contributed by atoms with van der Waals surface area (Å²) in [5.41, 5.74) is 6.29. The zero-order valence-corrected chi connectivity index (χ0v) is 17.3. The first-order valence-corrected chi connectivity index (χ1v) is 9.93. The van der Waals surface area contributed by atoms with Gasteiger partial charge in [0.2, 0.25) is 0 Å².